The maximum absolute atomic E-state index is 11.5. The minimum absolute atomic E-state index is 0.0255. The van der Waals surface area contributed by atoms with Gasteiger partial charge in [-0.3, -0.25) is 0 Å². The van der Waals surface area contributed by atoms with Gasteiger partial charge in [0.2, 0.25) is 0 Å². The van der Waals surface area contributed by atoms with Crippen LogP contribution in [0.1, 0.15) is 20.3 Å². The normalized spacial score (nSPS) is 29.4. The molecule has 0 aliphatic heterocycles. The first-order chi connectivity index (χ1) is 7.53. The predicted octanol–water partition coefficient (Wildman–Crippen LogP) is 1.12. The summed E-state index contributed by atoms with van der Waals surface area (Å²) in [4.78, 5) is 11.5. The maximum Gasteiger partial charge on any atom is 0.328 e. The Bertz CT molecular complexity index is 347. The number of carboxylic acids is 1. The molecule has 1 rings (SSSR count). The average Bonchev–Trinajstić information content (AvgIpc) is 2.28. The van der Waals surface area contributed by atoms with Crippen LogP contribution in [0.3, 0.4) is 0 Å². The highest BCUT2D eigenvalue weighted by molar-refractivity contribution is 5.83. The number of hydrogen-bond acceptors (Lipinski definition) is 3. The molecule has 90 valence electrons. The van der Waals surface area contributed by atoms with Crippen LogP contribution in [0.15, 0.2) is 23.4 Å². The highest BCUT2D eigenvalue weighted by Gasteiger charge is 2.44. The highest BCUT2D eigenvalue weighted by atomic mass is 16.4. The van der Waals surface area contributed by atoms with Gasteiger partial charge >= 0.3 is 5.97 Å². The van der Waals surface area contributed by atoms with Crippen molar-refractivity contribution in [1.29, 1.82) is 0 Å². The van der Waals surface area contributed by atoms with Gasteiger partial charge in [0.25, 0.3) is 0 Å². The predicted molar refractivity (Wildman–Crippen MR) is 64.1 cm³/mol. The highest BCUT2D eigenvalue weighted by Crippen LogP contribution is 2.34. The van der Waals surface area contributed by atoms with Crippen molar-refractivity contribution in [2.75, 3.05) is 14.1 Å². The fourth-order valence-electron chi connectivity index (χ4n) is 2.49. The largest absolute Gasteiger partial charge is 0.480 e. The van der Waals surface area contributed by atoms with E-state index in [1.165, 1.54) is 0 Å². The molecule has 2 atom stereocenters. The molecule has 0 fully saturated rings. The van der Waals surface area contributed by atoms with E-state index in [0.717, 1.165) is 17.7 Å². The molecule has 0 saturated carbocycles. The standard InChI is InChI=1S/C12H20N2O2/c1-5-9-8(2)10(13-3)6-7-12(9,14-4)11(15)16/h6-7,9,13-14H,5H2,1-4H3,(H,15,16). The summed E-state index contributed by atoms with van der Waals surface area (Å²) in [5.41, 5.74) is 1.13. The molecular formula is C12H20N2O2. The van der Waals surface area contributed by atoms with E-state index < -0.39 is 11.5 Å². The molecule has 16 heavy (non-hydrogen) atoms. The van der Waals surface area contributed by atoms with Gasteiger partial charge in [-0.25, -0.2) is 4.79 Å². The summed E-state index contributed by atoms with van der Waals surface area (Å²) in [7, 11) is 3.54. The maximum atomic E-state index is 11.5. The molecule has 3 N–H and O–H groups in total. The molecule has 4 heteroatoms. The molecule has 0 radical (unpaired) electrons. The van der Waals surface area contributed by atoms with E-state index in [2.05, 4.69) is 10.6 Å². The van der Waals surface area contributed by atoms with Crippen LogP contribution < -0.4 is 10.6 Å². The molecule has 0 aromatic rings. The Morgan fingerprint density at radius 3 is 2.56 bits per heavy atom. The van der Waals surface area contributed by atoms with Crippen molar-refractivity contribution in [2.45, 2.75) is 25.8 Å². The second-order valence-electron chi connectivity index (χ2n) is 4.07. The Hall–Kier alpha value is -1.29. The quantitative estimate of drug-likeness (QED) is 0.669. The first-order valence-corrected chi connectivity index (χ1v) is 5.53. The second kappa shape index (κ2) is 4.70. The Balaban J connectivity index is 3.23. The third-order valence-corrected chi connectivity index (χ3v) is 3.46. The van der Waals surface area contributed by atoms with Gasteiger partial charge in [0.05, 0.1) is 0 Å². The van der Waals surface area contributed by atoms with Crippen molar-refractivity contribution < 1.29 is 9.90 Å². The van der Waals surface area contributed by atoms with Gasteiger partial charge in [-0.1, -0.05) is 13.0 Å². The molecule has 1 aliphatic carbocycles. The molecule has 0 aromatic carbocycles. The lowest BCUT2D eigenvalue weighted by Gasteiger charge is -2.38. The van der Waals surface area contributed by atoms with E-state index in [1.54, 1.807) is 13.1 Å². The summed E-state index contributed by atoms with van der Waals surface area (Å²) >= 11 is 0. The zero-order chi connectivity index (χ0) is 12.3. The van der Waals surface area contributed by atoms with Gasteiger partial charge < -0.3 is 15.7 Å². The molecule has 0 spiro atoms. The van der Waals surface area contributed by atoms with Crippen LogP contribution in [0.2, 0.25) is 0 Å². The number of rotatable bonds is 4. The fourth-order valence-corrected chi connectivity index (χ4v) is 2.49. The SMILES string of the molecule is CCC1C(C)=C(NC)C=CC1(NC)C(=O)O. The Kier molecular flexibility index (Phi) is 3.75. The van der Waals surface area contributed by atoms with Crippen molar-refractivity contribution in [3.8, 4) is 0 Å². The van der Waals surface area contributed by atoms with Crippen LogP contribution >= 0.6 is 0 Å². The van der Waals surface area contributed by atoms with E-state index in [0.29, 0.717) is 0 Å². The van der Waals surface area contributed by atoms with Gasteiger partial charge in [0.15, 0.2) is 0 Å². The molecule has 0 bridgehead atoms. The lowest BCUT2D eigenvalue weighted by molar-refractivity contribution is -0.144. The number of hydrogen-bond donors (Lipinski definition) is 3. The minimum atomic E-state index is -0.973. The van der Waals surface area contributed by atoms with E-state index in [1.807, 2.05) is 27.0 Å². The molecule has 0 saturated heterocycles. The Morgan fingerprint density at radius 1 is 1.56 bits per heavy atom. The summed E-state index contributed by atoms with van der Waals surface area (Å²) in [5, 5.41) is 15.4. The molecule has 2 unspecified atom stereocenters. The number of allylic oxidation sites excluding steroid dienone is 1. The number of aliphatic carboxylic acids is 1. The molecule has 0 amide bonds. The first kappa shape index (κ1) is 12.8. The lowest BCUT2D eigenvalue weighted by Crippen LogP contribution is -2.56. The van der Waals surface area contributed by atoms with Crippen LogP contribution in [-0.4, -0.2) is 30.7 Å². The van der Waals surface area contributed by atoms with Crippen LogP contribution in [-0.2, 0) is 4.79 Å². The molecule has 4 nitrogen and oxygen atoms in total. The van der Waals surface area contributed by atoms with Crippen molar-refractivity contribution in [1.82, 2.24) is 10.6 Å². The zero-order valence-electron chi connectivity index (χ0n) is 10.3. The van der Waals surface area contributed by atoms with E-state index in [9.17, 15) is 9.90 Å². The smallest absolute Gasteiger partial charge is 0.328 e. The number of nitrogens with one attached hydrogen (secondary N) is 2. The summed E-state index contributed by atoms with van der Waals surface area (Å²) < 4.78 is 0. The first-order valence-electron chi connectivity index (χ1n) is 5.53. The van der Waals surface area contributed by atoms with Gasteiger partial charge in [-0.2, -0.15) is 0 Å². The van der Waals surface area contributed by atoms with Gasteiger partial charge in [0, 0.05) is 18.7 Å². The summed E-state index contributed by atoms with van der Waals surface area (Å²) in [6, 6.07) is 0. The number of carbonyl (C=O) groups is 1. The van der Waals surface area contributed by atoms with Crippen LogP contribution in [0, 0.1) is 5.92 Å². The van der Waals surface area contributed by atoms with Gasteiger partial charge in [-0.15, -0.1) is 0 Å². The Labute approximate surface area is 96.4 Å². The van der Waals surface area contributed by atoms with Gasteiger partial charge in [-0.05, 0) is 32.0 Å². The van der Waals surface area contributed by atoms with Crippen molar-refractivity contribution in [3.05, 3.63) is 23.4 Å². The van der Waals surface area contributed by atoms with E-state index >= 15 is 0 Å². The Morgan fingerprint density at radius 2 is 2.19 bits per heavy atom. The van der Waals surface area contributed by atoms with Crippen LogP contribution in [0.5, 0.6) is 0 Å². The van der Waals surface area contributed by atoms with Crippen molar-refractivity contribution in [2.24, 2.45) is 5.92 Å². The minimum Gasteiger partial charge on any atom is -0.480 e. The second-order valence-corrected chi connectivity index (χ2v) is 4.07. The van der Waals surface area contributed by atoms with Gasteiger partial charge in [0.1, 0.15) is 5.54 Å². The number of carboxylic acid groups (broad SMARTS) is 1. The van der Waals surface area contributed by atoms with Crippen LogP contribution in [0.4, 0.5) is 0 Å². The lowest BCUT2D eigenvalue weighted by atomic mass is 9.74. The van der Waals surface area contributed by atoms with Crippen molar-refractivity contribution >= 4 is 5.97 Å². The monoisotopic (exact) mass is 224 g/mol. The summed E-state index contributed by atoms with van der Waals surface area (Å²) in [6.07, 6.45) is 4.36. The third-order valence-electron chi connectivity index (χ3n) is 3.46. The number of likely N-dealkylation sites (N-methyl/N-ethyl adjacent to an activating group) is 2. The molecule has 1 aliphatic rings. The zero-order valence-corrected chi connectivity index (χ0v) is 10.3. The molecular weight excluding hydrogens is 204 g/mol. The fraction of sp³-hybridized carbons (Fsp3) is 0.583. The topological polar surface area (TPSA) is 61.4 Å². The average molecular weight is 224 g/mol. The van der Waals surface area contributed by atoms with E-state index in [-0.39, 0.29) is 5.92 Å². The van der Waals surface area contributed by atoms with E-state index in [4.69, 9.17) is 0 Å². The van der Waals surface area contributed by atoms with Crippen LogP contribution in [0.25, 0.3) is 0 Å². The summed E-state index contributed by atoms with van der Waals surface area (Å²) in [5.74, 6) is -0.852. The third kappa shape index (κ3) is 1.73. The summed E-state index contributed by atoms with van der Waals surface area (Å²) in [6.45, 7) is 3.99. The molecule has 0 heterocycles. The molecule has 0 aromatic heterocycles. The van der Waals surface area contributed by atoms with Crippen molar-refractivity contribution in [3.63, 3.8) is 0 Å².